The molecule has 1 aliphatic carbocycles. The van der Waals surface area contributed by atoms with Gasteiger partial charge in [0.2, 0.25) is 0 Å². The third-order valence-electron chi connectivity index (χ3n) is 4.20. The number of aromatic amines is 1. The van der Waals surface area contributed by atoms with Crippen LogP contribution in [0.2, 0.25) is 0 Å². The Bertz CT molecular complexity index is 832. The monoisotopic (exact) mass is 276 g/mol. The number of anilines is 1. The molecule has 0 saturated carbocycles. The lowest BCUT2D eigenvalue weighted by Gasteiger charge is -2.08. The van der Waals surface area contributed by atoms with E-state index in [1.165, 1.54) is 17.5 Å². The van der Waals surface area contributed by atoms with Crippen molar-refractivity contribution >= 4 is 22.5 Å². The number of hydrogen-bond acceptors (Lipinski definition) is 1. The number of hydrogen-bond donors (Lipinski definition) is 2. The van der Waals surface area contributed by atoms with Gasteiger partial charge in [0.05, 0.1) is 0 Å². The van der Waals surface area contributed by atoms with Gasteiger partial charge in [0, 0.05) is 28.4 Å². The molecule has 1 amide bonds. The van der Waals surface area contributed by atoms with Crippen molar-refractivity contribution in [2.75, 3.05) is 5.32 Å². The van der Waals surface area contributed by atoms with Gasteiger partial charge in [-0.05, 0) is 60.7 Å². The van der Waals surface area contributed by atoms with Crippen molar-refractivity contribution in [1.82, 2.24) is 4.98 Å². The molecule has 3 nitrogen and oxygen atoms in total. The summed E-state index contributed by atoms with van der Waals surface area (Å²) >= 11 is 0. The normalized spacial score (nSPS) is 13.3. The van der Waals surface area contributed by atoms with E-state index in [9.17, 15) is 4.79 Å². The molecule has 0 radical (unpaired) electrons. The number of carbonyl (C=O) groups excluding carboxylic acids is 1. The maximum absolute atomic E-state index is 12.5. The van der Waals surface area contributed by atoms with E-state index in [0.29, 0.717) is 5.56 Å². The van der Waals surface area contributed by atoms with Gasteiger partial charge in [-0.1, -0.05) is 12.1 Å². The number of aryl methyl sites for hydroxylation is 2. The molecule has 1 heterocycles. The largest absolute Gasteiger partial charge is 0.361 e. The average molecular weight is 276 g/mol. The zero-order chi connectivity index (χ0) is 14.2. The van der Waals surface area contributed by atoms with E-state index in [-0.39, 0.29) is 5.91 Å². The zero-order valence-electron chi connectivity index (χ0n) is 11.6. The topological polar surface area (TPSA) is 44.9 Å². The summed E-state index contributed by atoms with van der Waals surface area (Å²) in [6.45, 7) is 0. The highest BCUT2D eigenvalue weighted by Crippen LogP contribution is 2.25. The minimum Gasteiger partial charge on any atom is -0.361 e. The van der Waals surface area contributed by atoms with E-state index in [0.717, 1.165) is 29.4 Å². The van der Waals surface area contributed by atoms with Crippen molar-refractivity contribution in [1.29, 1.82) is 0 Å². The van der Waals surface area contributed by atoms with Crippen LogP contribution in [0.5, 0.6) is 0 Å². The number of carbonyl (C=O) groups is 1. The molecule has 21 heavy (non-hydrogen) atoms. The van der Waals surface area contributed by atoms with Gasteiger partial charge in [0.25, 0.3) is 5.91 Å². The van der Waals surface area contributed by atoms with Crippen LogP contribution in [0, 0.1) is 0 Å². The lowest BCUT2D eigenvalue weighted by Crippen LogP contribution is -2.12. The second-order valence-electron chi connectivity index (χ2n) is 5.54. The summed E-state index contributed by atoms with van der Waals surface area (Å²) in [6.07, 6.45) is 5.35. The van der Waals surface area contributed by atoms with Gasteiger partial charge in [-0.3, -0.25) is 4.79 Å². The van der Waals surface area contributed by atoms with Crippen molar-refractivity contribution in [3.63, 3.8) is 0 Å². The third kappa shape index (κ3) is 2.11. The number of H-pyrrole nitrogens is 1. The van der Waals surface area contributed by atoms with Gasteiger partial charge in [0.15, 0.2) is 0 Å². The summed E-state index contributed by atoms with van der Waals surface area (Å²) in [6, 6.07) is 13.9. The number of nitrogens with one attached hydrogen (secondary N) is 2. The molecule has 2 N–H and O–H groups in total. The molecule has 1 aliphatic rings. The van der Waals surface area contributed by atoms with Gasteiger partial charge in [-0.2, -0.15) is 0 Å². The summed E-state index contributed by atoms with van der Waals surface area (Å²) < 4.78 is 0. The second-order valence-corrected chi connectivity index (χ2v) is 5.54. The predicted molar refractivity (Wildman–Crippen MR) is 84.7 cm³/mol. The van der Waals surface area contributed by atoms with Gasteiger partial charge in [0.1, 0.15) is 0 Å². The quantitative estimate of drug-likeness (QED) is 0.732. The molecule has 2 aromatic carbocycles. The first-order chi connectivity index (χ1) is 10.3. The van der Waals surface area contributed by atoms with Crippen molar-refractivity contribution < 1.29 is 4.79 Å². The number of fused-ring (bicyclic) bond motifs is 2. The van der Waals surface area contributed by atoms with E-state index in [1.54, 1.807) is 0 Å². The van der Waals surface area contributed by atoms with Crippen molar-refractivity contribution in [3.05, 3.63) is 65.4 Å². The van der Waals surface area contributed by atoms with Crippen LogP contribution in [0.4, 0.5) is 5.69 Å². The molecule has 1 aromatic heterocycles. The maximum Gasteiger partial charge on any atom is 0.256 e. The lowest BCUT2D eigenvalue weighted by atomic mass is 10.1. The maximum atomic E-state index is 12.5. The highest BCUT2D eigenvalue weighted by Gasteiger charge is 2.14. The molecule has 0 fully saturated rings. The Morgan fingerprint density at radius 2 is 1.95 bits per heavy atom. The number of benzene rings is 2. The third-order valence-corrected chi connectivity index (χ3v) is 4.20. The highest BCUT2D eigenvalue weighted by molar-refractivity contribution is 6.12. The Hall–Kier alpha value is -2.55. The molecule has 0 aliphatic heterocycles. The summed E-state index contributed by atoms with van der Waals surface area (Å²) in [7, 11) is 0. The van der Waals surface area contributed by atoms with E-state index in [1.807, 2.05) is 36.5 Å². The Morgan fingerprint density at radius 1 is 1.05 bits per heavy atom. The van der Waals surface area contributed by atoms with E-state index in [2.05, 4.69) is 22.4 Å². The average Bonchev–Trinajstić information content (AvgIpc) is 3.14. The SMILES string of the molecule is O=C(Nc1ccc2c(c1)CCC2)c1cccc2[nH]ccc12. The molecule has 0 atom stereocenters. The Morgan fingerprint density at radius 3 is 2.90 bits per heavy atom. The molecule has 3 heteroatoms. The standard InChI is InChI=1S/C18H16N2O/c21-18(16-5-2-6-17-15(16)9-10-19-17)20-14-8-7-12-3-1-4-13(12)11-14/h2,5-11,19H,1,3-4H2,(H,20,21). The summed E-state index contributed by atoms with van der Waals surface area (Å²) in [5, 5.41) is 3.97. The fraction of sp³-hybridized carbons (Fsp3) is 0.167. The first kappa shape index (κ1) is 12.2. The van der Waals surface area contributed by atoms with Crippen LogP contribution in [-0.4, -0.2) is 10.9 Å². The van der Waals surface area contributed by atoms with Crippen molar-refractivity contribution in [2.45, 2.75) is 19.3 Å². The second kappa shape index (κ2) is 4.77. The predicted octanol–water partition coefficient (Wildman–Crippen LogP) is 3.91. The van der Waals surface area contributed by atoms with Crippen LogP contribution in [0.1, 0.15) is 27.9 Å². The number of amides is 1. The van der Waals surface area contributed by atoms with Crippen LogP contribution < -0.4 is 5.32 Å². The van der Waals surface area contributed by atoms with Crippen LogP contribution in [-0.2, 0) is 12.8 Å². The number of aromatic nitrogens is 1. The van der Waals surface area contributed by atoms with Crippen LogP contribution in [0.25, 0.3) is 10.9 Å². The zero-order valence-corrected chi connectivity index (χ0v) is 11.6. The summed E-state index contributed by atoms with van der Waals surface area (Å²) in [5.74, 6) is -0.0573. The Balaban J connectivity index is 1.65. The fourth-order valence-electron chi connectivity index (χ4n) is 3.13. The van der Waals surface area contributed by atoms with E-state index < -0.39 is 0 Å². The lowest BCUT2D eigenvalue weighted by molar-refractivity contribution is 0.102. The summed E-state index contributed by atoms with van der Waals surface area (Å²) in [4.78, 5) is 15.6. The smallest absolute Gasteiger partial charge is 0.256 e. The molecule has 0 spiro atoms. The first-order valence-corrected chi connectivity index (χ1v) is 7.30. The van der Waals surface area contributed by atoms with Crippen LogP contribution in [0.3, 0.4) is 0 Å². The molecule has 104 valence electrons. The van der Waals surface area contributed by atoms with E-state index >= 15 is 0 Å². The molecule has 3 aromatic rings. The minimum atomic E-state index is -0.0573. The van der Waals surface area contributed by atoms with Crippen molar-refractivity contribution in [3.8, 4) is 0 Å². The van der Waals surface area contributed by atoms with Crippen LogP contribution >= 0.6 is 0 Å². The molecule has 0 saturated heterocycles. The Labute approximate surface area is 123 Å². The molecular formula is C18H16N2O. The van der Waals surface area contributed by atoms with Crippen molar-refractivity contribution in [2.24, 2.45) is 0 Å². The minimum absolute atomic E-state index is 0.0573. The number of rotatable bonds is 2. The summed E-state index contributed by atoms with van der Waals surface area (Å²) in [5.41, 5.74) is 5.35. The van der Waals surface area contributed by atoms with Gasteiger partial charge >= 0.3 is 0 Å². The Kier molecular flexibility index (Phi) is 2.78. The van der Waals surface area contributed by atoms with Gasteiger partial charge < -0.3 is 10.3 Å². The molecular weight excluding hydrogens is 260 g/mol. The van der Waals surface area contributed by atoms with Crippen LogP contribution in [0.15, 0.2) is 48.7 Å². The molecule has 0 unspecified atom stereocenters. The van der Waals surface area contributed by atoms with Gasteiger partial charge in [-0.25, -0.2) is 0 Å². The van der Waals surface area contributed by atoms with E-state index in [4.69, 9.17) is 0 Å². The first-order valence-electron chi connectivity index (χ1n) is 7.30. The fourth-order valence-corrected chi connectivity index (χ4v) is 3.13. The van der Waals surface area contributed by atoms with Gasteiger partial charge in [-0.15, -0.1) is 0 Å². The molecule has 0 bridgehead atoms. The highest BCUT2D eigenvalue weighted by atomic mass is 16.1. The molecule has 4 rings (SSSR count).